The SMILES string of the molecule is CCC(=O)Nc1nc(NC(=O)CC)nc(N(C)C)n1. The molecule has 19 heavy (non-hydrogen) atoms. The lowest BCUT2D eigenvalue weighted by atomic mass is 10.4. The number of amides is 2. The van der Waals surface area contributed by atoms with E-state index in [2.05, 4.69) is 25.6 Å². The Labute approximate surface area is 111 Å². The van der Waals surface area contributed by atoms with E-state index < -0.39 is 0 Å². The highest BCUT2D eigenvalue weighted by molar-refractivity contribution is 5.90. The standard InChI is InChI=1S/C11H18N6O2/c1-5-7(18)12-9-14-10(13-8(19)6-2)16-11(15-9)17(3)4/h5-6H2,1-4H3,(H2,12,13,14,15,16,18,19). The molecular weight excluding hydrogens is 248 g/mol. The maximum atomic E-state index is 11.3. The molecule has 1 heterocycles. The molecule has 0 spiro atoms. The van der Waals surface area contributed by atoms with Gasteiger partial charge in [0.15, 0.2) is 0 Å². The maximum absolute atomic E-state index is 11.3. The van der Waals surface area contributed by atoms with Crippen molar-refractivity contribution in [3.63, 3.8) is 0 Å². The first-order valence-electron chi connectivity index (χ1n) is 5.99. The maximum Gasteiger partial charge on any atom is 0.236 e. The van der Waals surface area contributed by atoms with Gasteiger partial charge in [0.05, 0.1) is 0 Å². The molecule has 8 heteroatoms. The number of hydrogen-bond donors (Lipinski definition) is 2. The predicted molar refractivity (Wildman–Crippen MR) is 72.0 cm³/mol. The quantitative estimate of drug-likeness (QED) is 0.811. The summed E-state index contributed by atoms with van der Waals surface area (Å²) in [6.45, 7) is 3.45. The largest absolute Gasteiger partial charge is 0.347 e. The van der Waals surface area contributed by atoms with Crippen LogP contribution in [0.3, 0.4) is 0 Å². The van der Waals surface area contributed by atoms with Crippen LogP contribution in [0.25, 0.3) is 0 Å². The minimum absolute atomic E-state index is 0.122. The molecule has 1 aromatic rings. The van der Waals surface area contributed by atoms with Crippen molar-refractivity contribution < 1.29 is 9.59 Å². The third-order valence-electron chi connectivity index (χ3n) is 2.17. The fraction of sp³-hybridized carbons (Fsp3) is 0.545. The smallest absolute Gasteiger partial charge is 0.236 e. The van der Waals surface area contributed by atoms with Gasteiger partial charge in [0.2, 0.25) is 29.7 Å². The topological polar surface area (TPSA) is 100 Å². The Bertz CT molecular complexity index is 438. The Morgan fingerprint density at radius 1 is 0.947 bits per heavy atom. The van der Waals surface area contributed by atoms with Crippen LogP contribution in [0.2, 0.25) is 0 Å². The van der Waals surface area contributed by atoms with E-state index in [4.69, 9.17) is 0 Å². The molecule has 0 aliphatic carbocycles. The molecule has 8 nitrogen and oxygen atoms in total. The summed E-state index contributed by atoms with van der Waals surface area (Å²) in [6.07, 6.45) is 0.638. The molecule has 0 aliphatic rings. The van der Waals surface area contributed by atoms with Gasteiger partial charge in [-0.3, -0.25) is 20.2 Å². The normalized spacial score (nSPS) is 9.89. The highest BCUT2D eigenvalue weighted by atomic mass is 16.2. The molecule has 0 aliphatic heterocycles. The molecule has 0 unspecified atom stereocenters. The second kappa shape index (κ2) is 6.62. The Kier molecular flexibility index (Phi) is 5.16. The summed E-state index contributed by atoms with van der Waals surface area (Å²) < 4.78 is 0. The van der Waals surface area contributed by atoms with E-state index >= 15 is 0 Å². The van der Waals surface area contributed by atoms with Gasteiger partial charge in [-0.15, -0.1) is 0 Å². The summed E-state index contributed by atoms with van der Waals surface area (Å²) in [4.78, 5) is 36.5. The molecule has 0 bridgehead atoms. The van der Waals surface area contributed by atoms with Crippen molar-refractivity contribution in [2.24, 2.45) is 0 Å². The van der Waals surface area contributed by atoms with Crippen LogP contribution in [0.1, 0.15) is 26.7 Å². The van der Waals surface area contributed by atoms with Crippen molar-refractivity contribution in [1.82, 2.24) is 15.0 Å². The highest BCUT2D eigenvalue weighted by Crippen LogP contribution is 2.11. The molecular formula is C11H18N6O2. The fourth-order valence-corrected chi connectivity index (χ4v) is 1.10. The molecule has 0 fully saturated rings. The van der Waals surface area contributed by atoms with Gasteiger partial charge in [-0.25, -0.2) is 0 Å². The van der Waals surface area contributed by atoms with Gasteiger partial charge >= 0.3 is 0 Å². The van der Waals surface area contributed by atoms with Crippen LogP contribution >= 0.6 is 0 Å². The Hall–Kier alpha value is -2.25. The van der Waals surface area contributed by atoms with Gasteiger partial charge in [0.25, 0.3) is 0 Å². The van der Waals surface area contributed by atoms with Crippen LogP contribution in [-0.2, 0) is 9.59 Å². The number of aromatic nitrogens is 3. The molecule has 1 aromatic heterocycles. The summed E-state index contributed by atoms with van der Waals surface area (Å²) in [5.74, 6) is 0.189. The summed E-state index contributed by atoms with van der Waals surface area (Å²) in [7, 11) is 3.51. The zero-order chi connectivity index (χ0) is 14.4. The number of carbonyl (C=O) groups is 2. The first-order chi connectivity index (χ1) is 8.96. The van der Waals surface area contributed by atoms with Crippen LogP contribution in [0.5, 0.6) is 0 Å². The van der Waals surface area contributed by atoms with Crippen molar-refractivity contribution >= 4 is 29.7 Å². The second-order valence-corrected chi connectivity index (χ2v) is 3.98. The van der Waals surface area contributed by atoms with E-state index in [-0.39, 0.29) is 23.7 Å². The number of nitrogens with one attached hydrogen (secondary N) is 2. The van der Waals surface area contributed by atoms with E-state index in [1.165, 1.54) is 0 Å². The summed E-state index contributed by atoms with van der Waals surface area (Å²) in [6, 6.07) is 0. The monoisotopic (exact) mass is 266 g/mol. The van der Waals surface area contributed by atoms with Crippen LogP contribution in [0.15, 0.2) is 0 Å². The average molecular weight is 266 g/mol. The molecule has 0 saturated carbocycles. The van der Waals surface area contributed by atoms with Crippen molar-refractivity contribution in [2.45, 2.75) is 26.7 Å². The number of rotatable bonds is 5. The van der Waals surface area contributed by atoms with Gasteiger partial charge in [0, 0.05) is 26.9 Å². The molecule has 0 aromatic carbocycles. The van der Waals surface area contributed by atoms with Crippen LogP contribution < -0.4 is 15.5 Å². The van der Waals surface area contributed by atoms with Gasteiger partial charge < -0.3 is 4.90 Å². The molecule has 2 N–H and O–H groups in total. The zero-order valence-electron chi connectivity index (χ0n) is 11.5. The van der Waals surface area contributed by atoms with Crippen molar-refractivity contribution in [3.05, 3.63) is 0 Å². The van der Waals surface area contributed by atoms with Crippen molar-refractivity contribution in [2.75, 3.05) is 29.6 Å². The third-order valence-corrected chi connectivity index (χ3v) is 2.17. The lowest BCUT2D eigenvalue weighted by Crippen LogP contribution is -2.20. The lowest BCUT2D eigenvalue weighted by Gasteiger charge is -2.13. The van der Waals surface area contributed by atoms with E-state index in [0.29, 0.717) is 18.8 Å². The van der Waals surface area contributed by atoms with Gasteiger partial charge in [-0.05, 0) is 0 Å². The zero-order valence-corrected chi connectivity index (χ0v) is 11.5. The molecule has 0 atom stereocenters. The molecule has 0 saturated heterocycles. The lowest BCUT2D eigenvalue weighted by molar-refractivity contribution is -0.116. The number of hydrogen-bond acceptors (Lipinski definition) is 6. The van der Waals surface area contributed by atoms with E-state index in [9.17, 15) is 9.59 Å². The van der Waals surface area contributed by atoms with Crippen LogP contribution in [0.4, 0.5) is 17.8 Å². The predicted octanol–water partition coefficient (Wildman–Crippen LogP) is 0.635. The Morgan fingerprint density at radius 2 is 1.37 bits per heavy atom. The summed E-state index contributed by atoms with van der Waals surface area (Å²) >= 11 is 0. The average Bonchev–Trinajstić information content (AvgIpc) is 2.37. The van der Waals surface area contributed by atoms with Gasteiger partial charge in [0.1, 0.15) is 0 Å². The van der Waals surface area contributed by atoms with E-state index in [1.54, 1.807) is 32.8 Å². The fourth-order valence-electron chi connectivity index (χ4n) is 1.10. The minimum Gasteiger partial charge on any atom is -0.347 e. The molecule has 0 radical (unpaired) electrons. The number of carbonyl (C=O) groups excluding carboxylic acids is 2. The second-order valence-electron chi connectivity index (χ2n) is 3.98. The molecule has 1 rings (SSSR count). The van der Waals surface area contributed by atoms with Crippen LogP contribution in [-0.4, -0.2) is 40.9 Å². The number of nitrogens with zero attached hydrogens (tertiary/aromatic N) is 4. The molecule has 2 amide bonds. The van der Waals surface area contributed by atoms with Gasteiger partial charge in [-0.2, -0.15) is 15.0 Å². The first kappa shape index (κ1) is 14.8. The third kappa shape index (κ3) is 4.49. The van der Waals surface area contributed by atoms with Crippen LogP contribution in [0, 0.1) is 0 Å². The van der Waals surface area contributed by atoms with Gasteiger partial charge in [-0.1, -0.05) is 13.8 Å². The number of anilines is 3. The van der Waals surface area contributed by atoms with Crippen molar-refractivity contribution in [1.29, 1.82) is 0 Å². The minimum atomic E-state index is -0.205. The first-order valence-corrected chi connectivity index (χ1v) is 5.99. The Balaban J connectivity index is 3.03. The highest BCUT2D eigenvalue weighted by Gasteiger charge is 2.11. The Morgan fingerprint density at radius 3 is 1.68 bits per heavy atom. The summed E-state index contributed by atoms with van der Waals surface area (Å²) in [5.41, 5.74) is 0. The van der Waals surface area contributed by atoms with E-state index in [1.807, 2.05) is 0 Å². The van der Waals surface area contributed by atoms with E-state index in [0.717, 1.165) is 0 Å². The summed E-state index contributed by atoms with van der Waals surface area (Å²) in [5, 5.41) is 5.08. The van der Waals surface area contributed by atoms with Crippen molar-refractivity contribution in [3.8, 4) is 0 Å². The molecule has 104 valence electrons.